The van der Waals surface area contributed by atoms with Crippen molar-refractivity contribution < 1.29 is 4.74 Å². The lowest BCUT2D eigenvalue weighted by Gasteiger charge is -2.25. The SMILES string of the molecule is NC1=NSNc2cccc(OC[C@H]3CCCCN3)c21. The third-order valence-electron chi connectivity index (χ3n) is 3.43. The lowest BCUT2D eigenvalue weighted by Crippen LogP contribution is -2.38. The fourth-order valence-corrected chi connectivity index (χ4v) is 2.93. The predicted molar refractivity (Wildman–Crippen MR) is 79.5 cm³/mol. The van der Waals surface area contributed by atoms with Crippen LogP contribution in [-0.2, 0) is 0 Å². The molecule has 0 amide bonds. The second-order valence-electron chi connectivity index (χ2n) is 4.81. The van der Waals surface area contributed by atoms with Crippen molar-refractivity contribution >= 4 is 23.7 Å². The van der Waals surface area contributed by atoms with Gasteiger partial charge >= 0.3 is 0 Å². The monoisotopic (exact) mass is 278 g/mol. The molecule has 0 radical (unpaired) electrons. The van der Waals surface area contributed by atoms with Gasteiger partial charge < -0.3 is 20.5 Å². The summed E-state index contributed by atoms with van der Waals surface area (Å²) in [6.45, 7) is 1.76. The molecule has 1 fully saturated rings. The van der Waals surface area contributed by atoms with Crippen LogP contribution in [0.1, 0.15) is 24.8 Å². The first-order chi connectivity index (χ1) is 9.34. The van der Waals surface area contributed by atoms with Crippen molar-refractivity contribution in [2.24, 2.45) is 10.1 Å². The molecule has 0 saturated carbocycles. The summed E-state index contributed by atoms with van der Waals surface area (Å²) in [6.07, 6.45) is 3.71. The largest absolute Gasteiger partial charge is 0.491 e. The first kappa shape index (κ1) is 12.6. The van der Waals surface area contributed by atoms with E-state index in [-0.39, 0.29) is 0 Å². The van der Waals surface area contributed by atoms with Crippen LogP contribution >= 0.6 is 12.1 Å². The normalized spacial score (nSPS) is 22.1. The Kier molecular flexibility index (Phi) is 3.79. The van der Waals surface area contributed by atoms with Crippen LogP contribution in [-0.4, -0.2) is 25.0 Å². The van der Waals surface area contributed by atoms with E-state index in [1.807, 2.05) is 18.2 Å². The molecule has 0 aliphatic carbocycles. The molecule has 1 saturated heterocycles. The highest BCUT2D eigenvalue weighted by molar-refractivity contribution is 7.99. The minimum Gasteiger partial charge on any atom is -0.491 e. The Morgan fingerprint density at radius 1 is 1.42 bits per heavy atom. The highest BCUT2D eigenvalue weighted by Gasteiger charge is 2.19. The highest BCUT2D eigenvalue weighted by atomic mass is 32.2. The number of amidine groups is 1. The van der Waals surface area contributed by atoms with Gasteiger partial charge in [0.15, 0.2) is 0 Å². The molecule has 4 N–H and O–H groups in total. The number of ether oxygens (including phenoxy) is 1. The first-order valence-electron chi connectivity index (χ1n) is 6.59. The van der Waals surface area contributed by atoms with Crippen molar-refractivity contribution in [3.63, 3.8) is 0 Å². The molecule has 102 valence electrons. The zero-order valence-electron chi connectivity index (χ0n) is 10.7. The molecule has 5 nitrogen and oxygen atoms in total. The van der Waals surface area contributed by atoms with Crippen molar-refractivity contribution in [3.8, 4) is 5.75 Å². The number of hydrogen-bond donors (Lipinski definition) is 3. The zero-order chi connectivity index (χ0) is 13.1. The number of anilines is 1. The summed E-state index contributed by atoms with van der Waals surface area (Å²) in [7, 11) is 0. The number of fused-ring (bicyclic) bond motifs is 1. The molecule has 2 aliphatic heterocycles. The van der Waals surface area contributed by atoms with Gasteiger partial charge in [-0.05, 0) is 31.5 Å². The molecule has 0 bridgehead atoms. The van der Waals surface area contributed by atoms with Gasteiger partial charge in [0.1, 0.15) is 18.2 Å². The van der Waals surface area contributed by atoms with Gasteiger partial charge in [-0.15, -0.1) is 0 Å². The summed E-state index contributed by atoms with van der Waals surface area (Å²) in [5, 5.41) is 3.47. The van der Waals surface area contributed by atoms with Gasteiger partial charge in [-0.1, -0.05) is 12.5 Å². The summed E-state index contributed by atoms with van der Waals surface area (Å²) < 4.78 is 13.2. The molecule has 1 aromatic carbocycles. The molecule has 3 rings (SSSR count). The van der Waals surface area contributed by atoms with E-state index in [9.17, 15) is 0 Å². The third-order valence-corrected chi connectivity index (χ3v) is 4.03. The molecular formula is C13H18N4OS. The second kappa shape index (κ2) is 5.71. The molecule has 1 atom stereocenters. The van der Waals surface area contributed by atoms with E-state index >= 15 is 0 Å². The molecule has 1 aromatic rings. The quantitative estimate of drug-likeness (QED) is 0.737. The van der Waals surface area contributed by atoms with Crippen molar-refractivity contribution in [1.82, 2.24) is 5.32 Å². The van der Waals surface area contributed by atoms with E-state index < -0.39 is 0 Å². The summed E-state index contributed by atoms with van der Waals surface area (Å²) in [6, 6.07) is 6.33. The van der Waals surface area contributed by atoms with E-state index in [1.165, 1.54) is 31.4 Å². The Morgan fingerprint density at radius 3 is 3.21 bits per heavy atom. The maximum atomic E-state index is 5.95. The fourth-order valence-electron chi connectivity index (χ4n) is 2.42. The second-order valence-corrected chi connectivity index (χ2v) is 5.38. The maximum absolute atomic E-state index is 5.95. The van der Waals surface area contributed by atoms with Gasteiger partial charge in [-0.3, -0.25) is 0 Å². The standard InChI is InChI=1S/C13H18N4OS/c14-13-12-10(16-19-17-13)5-3-6-11(12)18-8-9-4-1-2-7-15-9/h3,5-6,9,15-16H,1-2,4,7-8H2,(H2,14,17)/t9-/m1/s1. The average Bonchev–Trinajstić information content (AvgIpc) is 2.46. The zero-order valence-corrected chi connectivity index (χ0v) is 11.5. The summed E-state index contributed by atoms with van der Waals surface area (Å²) >= 11 is 1.25. The Labute approximate surface area is 117 Å². The van der Waals surface area contributed by atoms with Crippen LogP contribution in [0.4, 0.5) is 5.69 Å². The number of benzene rings is 1. The van der Waals surface area contributed by atoms with E-state index in [0.29, 0.717) is 18.5 Å². The summed E-state index contributed by atoms with van der Waals surface area (Å²) in [4.78, 5) is 0. The van der Waals surface area contributed by atoms with E-state index in [4.69, 9.17) is 10.5 Å². The summed E-state index contributed by atoms with van der Waals surface area (Å²) in [5.74, 6) is 1.32. The lowest BCUT2D eigenvalue weighted by molar-refractivity contribution is 0.239. The molecule has 6 heteroatoms. The van der Waals surface area contributed by atoms with E-state index in [1.54, 1.807) is 0 Å². The first-order valence-corrected chi connectivity index (χ1v) is 7.37. The minimum atomic E-state index is 0.439. The Morgan fingerprint density at radius 2 is 2.37 bits per heavy atom. The predicted octanol–water partition coefficient (Wildman–Crippen LogP) is 1.90. The molecule has 2 heterocycles. The molecule has 0 unspecified atom stereocenters. The van der Waals surface area contributed by atoms with Crippen LogP contribution in [0.25, 0.3) is 0 Å². The number of hydrogen-bond acceptors (Lipinski definition) is 6. The average molecular weight is 278 g/mol. The van der Waals surface area contributed by atoms with Crippen LogP contribution < -0.4 is 20.5 Å². The minimum absolute atomic E-state index is 0.439. The van der Waals surface area contributed by atoms with Crippen LogP contribution in [0, 0.1) is 0 Å². The maximum Gasteiger partial charge on any atom is 0.146 e. The number of nitrogens with two attached hydrogens (primary N) is 1. The van der Waals surface area contributed by atoms with Crippen molar-refractivity contribution in [2.45, 2.75) is 25.3 Å². The van der Waals surface area contributed by atoms with Gasteiger partial charge in [-0.2, -0.15) is 4.40 Å². The van der Waals surface area contributed by atoms with Gasteiger partial charge in [-0.25, -0.2) is 0 Å². The van der Waals surface area contributed by atoms with Crippen molar-refractivity contribution in [2.75, 3.05) is 17.9 Å². The van der Waals surface area contributed by atoms with Crippen LogP contribution in [0.15, 0.2) is 22.6 Å². The molecular weight excluding hydrogens is 260 g/mol. The van der Waals surface area contributed by atoms with E-state index in [0.717, 1.165) is 23.5 Å². The van der Waals surface area contributed by atoms with Gasteiger partial charge in [0.2, 0.25) is 0 Å². The Balaban J connectivity index is 1.73. The fraction of sp³-hybridized carbons (Fsp3) is 0.462. The molecule has 19 heavy (non-hydrogen) atoms. The van der Waals surface area contributed by atoms with Crippen LogP contribution in [0.5, 0.6) is 5.75 Å². The number of nitrogens with one attached hydrogen (secondary N) is 2. The molecule has 0 spiro atoms. The highest BCUT2D eigenvalue weighted by Crippen LogP contribution is 2.32. The Bertz CT molecular complexity index is 486. The topological polar surface area (TPSA) is 71.7 Å². The molecule has 2 aliphatic rings. The summed E-state index contributed by atoms with van der Waals surface area (Å²) in [5.41, 5.74) is 7.79. The Hall–Kier alpha value is -1.40. The van der Waals surface area contributed by atoms with Crippen LogP contribution in [0.2, 0.25) is 0 Å². The lowest BCUT2D eigenvalue weighted by atomic mass is 10.1. The van der Waals surface area contributed by atoms with Gasteiger partial charge in [0, 0.05) is 6.04 Å². The number of nitrogens with zero attached hydrogens (tertiary/aromatic N) is 1. The van der Waals surface area contributed by atoms with E-state index in [2.05, 4.69) is 14.4 Å². The van der Waals surface area contributed by atoms with Gasteiger partial charge in [0.25, 0.3) is 0 Å². The van der Waals surface area contributed by atoms with Crippen molar-refractivity contribution in [3.05, 3.63) is 23.8 Å². The smallest absolute Gasteiger partial charge is 0.146 e. The van der Waals surface area contributed by atoms with Gasteiger partial charge in [0.05, 0.1) is 23.4 Å². The third kappa shape index (κ3) is 2.79. The number of piperidine rings is 1. The van der Waals surface area contributed by atoms with Crippen LogP contribution in [0.3, 0.4) is 0 Å². The van der Waals surface area contributed by atoms with Crippen molar-refractivity contribution in [1.29, 1.82) is 0 Å². The number of rotatable bonds is 3. The molecule has 0 aromatic heterocycles.